The van der Waals surface area contributed by atoms with Gasteiger partial charge >= 0.3 is 0 Å². The monoisotopic (exact) mass is 389 g/mol. The third kappa shape index (κ3) is 4.40. The average molecular weight is 390 g/mol. The van der Waals surface area contributed by atoms with Crippen molar-refractivity contribution in [2.24, 2.45) is 0 Å². The Morgan fingerprint density at radius 3 is 2.38 bits per heavy atom. The van der Waals surface area contributed by atoms with Crippen LogP contribution in [0, 0.1) is 6.92 Å². The van der Waals surface area contributed by atoms with Crippen LogP contribution in [0.1, 0.15) is 28.4 Å². The van der Waals surface area contributed by atoms with Gasteiger partial charge in [-0.25, -0.2) is 0 Å². The first-order chi connectivity index (χ1) is 14.1. The van der Waals surface area contributed by atoms with Gasteiger partial charge in [0.05, 0.1) is 44.8 Å². The predicted octanol–water partition coefficient (Wildman–Crippen LogP) is 2.27. The molecule has 1 N–H and O–H groups in total. The smallest absolute Gasteiger partial charge is 0.258 e. The van der Waals surface area contributed by atoms with Gasteiger partial charge in [0.1, 0.15) is 5.69 Å². The van der Waals surface area contributed by atoms with Crippen LogP contribution in [0.25, 0.3) is 11.3 Å². The zero-order valence-electron chi connectivity index (χ0n) is 17.3. The van der Waals surface area contributed by atoms with Crippen molar-refractivity contribution < 1.29 is 9.69 Å². The Morgan fingerprint density at radius 2 is 1.72 bits per heavy atom. The molecule has 0 radical (unpaired) electrons. The predicted molar refractivity (Wildman–Crippen MR) is 115 cm³/mol. The summed E-state index contributed by atoms with van der Waals surface area (Å²) >= 11 is 0. The molecule has 0 atom stereocenters. The molecule has 0 aliphatic carbocycles. The zero-order chi connectivity index (χ0) is 20.2. The van der Waals surface area contributed by atoms with E-state index in [-0.39, 0.29) is 5.91 Å². The van der Waals surface area contributed by atoms with Crippen LogP contribution in [-0.4, -0.2) is 53.3 Å². The molecule has 1 aliphatic heterocycles. The van der Waals surface area contributed by atoms with Gasteiger partial charge in [-0.1, -0.05) is 60.2 Å². The summed E-state index contributed by atoms with van der Waals surface area (Å²) in [5, 5.41) is 4.82. The lowest BCUT2D eigenvalue weighted by Gasteiger charge is -2.31. The second-order valence-corrected chi connectivity index (χ2v) is 7.84. The van der Waals surface area contributed by atoms with Crippen LogP contribution in [0.4, 0.5) is 0 Å². The van der Waals surface area contributed by atoms with Crippen molar-refractivity contribution in [2.75, 3.05) is 32.7 Å². The highest BCUT2D eigenvalue weighted by Crippen LogP contribution is 2.24. The molecule has 29 heavy (non-hydrogen) atoms. The van der Waals surface area contributed by atoms with Crippen molar-refractivity contribution in [3.05, 3.63) is 77.5 Å². The Morgan fingerprint density at radius 1 is 1.03 bits per heavy atom. The fraction of sp³-hybridized carbons (Fsp3) is 0.333. The number of hydrogen-bond donors (Lipinski definition) is 1. The Balaban J connectivity index is 1.65. The number of likely N-dealkylation sites (N-methyl/N-ethyl adjacent to an activating group) is 1. The van der Waals surface area contributed by atoms with Crippen LogP contribution in [-0.2, 0) is 6.54 Å². The third-order valence-electron chi connectivity index (χ3n) is 5.76. The first kappa shape index (κ1) is 19.4. The molecule has 1 aliphatic rings. The number of hydrogen-bond acceptors (Lipinski definition) is 2. The van der Waals surface area contributed by atoms with Crippen LogP contribution in [0.3, 0.4) is 0 Å². The van der Waals surface area contributed by atoms with E-state index >= 15 is 0 Å². The van der Waals surface area contributed by atoms with E-state index in [2.05, 4.69) is 50.2 Å². The largest absolute Gasteiger partial charge is 0.332 e. The Hall–Kier alpha value is -2.92. The van der Waals surface area contributed by atoms with Crippen molar-refractivity contribution in [1.82, 2.24) is 14.7 Å². The minimum Gasteiger partial charge on any atom is -0.332 e. The lowest BCUT2D eigenvalue weighted by atomic mass is 10.1. The van der Waals surface area contributed by atoms with E-state index in [1.54, 1.807) is 4.90 Å². The number of quaternary nitrogens is 1. The average Bonchev–Trinajstić information content (AvgIpc) is 3.18. The molecule has 0 saturated carbocycles. The van der Waals surface area contributed by atoms with Gasteiger partial charge in [-0.3, -0.25) is 9.48 Å². The first-order valence-corrected chi connectivity index (χ1v) is 10.5. The van der Waals surface area contributed by atoms with E-state index in [1.807, 2.05) is 34.0 Å². The lowest BCUT2D eigenvalue weighted by Crippen LogP contribution is -3.14. The van der Waals surface area contributed by atoms with Crippen LogP contribution < -0.4 is 4.90 Å². The van der Waals surface area contributed by atoms with Crippen molar-refractivity contribution in [3.63, 3.8) is 0 Å². The summed E-state index contributed by atoms with van der Waals surface area (Å²) in [5.41, 5.74) is 4.83. The second kappa shape index (κ2) is 8.62. The van der Waals surface area contributed by atoms with Crippen molar-refractivity contribution >= 4 is 5.91 Å². The highest BCUT2D eigenvalue weighted by atomic mass is 16.2. The molecule has 4 rings (SSSR count). The van der Waals surface area contributed by atoms with Gasteiger partial charge in [-0.15, -0.1) is 0 Å². The molecule has 5 nitrogen and oxygen atoms in total. The van der Waals surface area contributed by atoms with Gasteiger partial charge in [0.15, 0.2) is 0 Å². The molecule has 0 unspecified atom stereocenters. The molecular formula is C24H29N4O+. The van der Waals surface area contributed by atoms with E-state index < -0.39 is 0 Å². The number of carbonyl (C=O) groups excluding carboxylic acids is 1. The second-order valence-electron chi connectivity index (χ2n) is 7.84. The molecular weight excluding hydrogens is 360 g/mol. The molecule has 1 aromatic heterocycles. The fourth-order valence-electron chi connectivity index (χ4n) is 3.90. The zero-order valence-corrected chi connectivity index (χ0v) is 17.3. The quantitative estimate of drug-likeness (QED) is 0.727. The van der Waals surface area contributed by atoms with Gasteiger partial charge in [-0.2, -0.15) is 5.10 Å². The number of nitrogens with zero attached hydrogens (tertiary/aromatic N) is 3. The maximum Gasteiger partial charge on any atom is 0.258 e. The molecule has 5 heteroatoms. The molecule has 1 fully saturated rings. The summed E-state index contributed by atoms with van der Waals surface area (Å²) in [6.45, 7) is 9.68. The number of piperazine rings is 1. The lowest BCUT2D eigenvalue weighted by molar-refractivity contribution is -0.902. The SMILES string of the molecule is CC[NH+]1CCN(C(=O)c2cn(Cc3ccccc3)nc2-c2ccc(C)cc2)CC1. The maximum atomic E-state index is 13.4. The Kier molecular flexibility index (Phi) is 5.76. The van der Waals surface area contributed by atoms with Gasteiger partial charge in [0.2, 0.25) is 0 Å². The van der Waals surface area contributed by atoms with Gasteiger partial charge in [0.25, 0.3) is 5.91 Å². The van der Waals surface area contributed by atoms with E-state index in [1.165, 1.54) is 11.1 Å². The molecule has 1 saturated heterocycles. The van der Waals surface area contributed by atoms with E-state index in [9.17, 15) is 4.79 Å². The molecule has 3 aromatic rings. The van der Waals surface area contributed by atoms with Crippen LogP contribution >= 0.6 is 0 Å². The summed E-state index contributed by atoms with van der Waals surface area (Å²) < 4.78 is 1.89. The van der Waals surface area contributed by atoms with Gasteiger partial charge in [0, 0.05) is 11.8 Å². The summed E-state index contributed by atoms with van der Waals surface area (Å²) in [6, 6.07) is 18.5. The Labute approximate surface area is 172 Å². The van der Waals surface area contributed by atoms with Crippen LogP contribution in [0.15, 0.2) is 60.8 Å². The van der Waals surface area contributed by atoms with E-state index in [4.69, 9.17) is 5.10 Å². The number of rotatable bonds is 5. The number of benzene rings is 2. The van der Waals surface area contributed by atoms with Gasteiger partial charge in [-0.05, 0) is 19.4 Å². The highest BCUT2D eigenvalue weighted by Gasteiger charge is 2.27. The first-order valence-electron chi connectivity index (χ1n) is 10.5. The molecule has 2 aromatic carbocycles. The topological polar surface area (TPSA) is 42.6 Å². The van der Waals surface area contributed by atoms with Crippen LogP contribution in [0.2, 0.25) is 0 Å². The molecule has 150 valence electrons. The van der Waals surface area contributed by atoms with E-state index in [0.29, 0.717) is 12.1 Å². The minimum absolute atomic E-state index is 0.0926. The summed E-state index contributed by atoms with van der Waals surface area (Å²) in [7, 11) is 0. The van der Waals surface area contributed by atoms with Crippen molar-refractivity contribution in [3.8, 4) is 11.3 Å². The van der Waals surface area contributed by atoms with Crippen molar-refractivity contribution in [2.45, 2.75) is 20.4 Å². The number of carbonyl (C=O) groups is 1. The molecule has 0 spiro atoms. The number of nitrogens with one attached hydrogen (secondary N) is 1. The molecule has 0 bridgehead atoms. The number of aryl methyl sites for hydroxylation is 1. The standard InChI is InChI=1S/C24H28N4O/c1-3-26-13-15-27(16-14-26)24(29)22-18-28(17-20-7-5-4-6-8-20)25-23(22)21-11-9-19(2)10-12-21/h4-12,18H,3,13-17H2,1-2H3/p+1. The van der Waals surface area contributed by atoms with Gasteiger partial charge < -0.3 is 9.80 Å². The van der Waals surface area contributed by atoms with Crippen LogP contribution in [0.5, 0.6) is 0 Å². The molecule has 2 heterocycles. The van der Waals surface area contributed by atoms with Crippen molar-refractivity contribution in [1.29, 1.82) is 0 Å². The number of amides is 1. The summed E-state index contributed by atoms with van der Waals surface area (Å²) in [6.07, 6.45) is 1.92. The molecule has 1 amide bonds. The Bertz CT molecular complexity index is 954. The summed E-state index contributed by atoms with van der Waals surface area (Å²) in [4.78, 5) is 16.9. The van der Waals surface area contributed by atoms with E-state index in [0.717, 1.165) is 44.0 Å². The summed E-state index contributed by atoms with van der Waals surface area (Å²) in [5.74, 6) is 0.0926. The minimum atomic E-state index is 0.0926. The number of aromatic nitrogens is 2. The maximum absolute atomic E-state index is 13.4. The third-order valence-corrected chi connectivity index (χ3v) is 5.76. The normalized spacial score (nSPS) is 14.9. The highest BCUT2D eigenvalue weighted by molar-refractivity contribution is 5.99. The fourth-order valence-corrected chi connectivity index (χ4v) is 3.90.